The van der Waals surface area contributed by atoms with Crippen LogP contribution in [0.2, 0.25) is 0 Å². The van der Waals surface area contributed by atoms with Gasteiger partial charge in [0.15, 0.2) is 0 Å². The zero-order valence-corrected chi connectivity index (χ0v) is 39.2. The van der Waals surface area contributed by atoms with E-state index in [2.05, 4.69) is 66.8 Å². The van der Waals surface area contributed by atoms with Gasteiger partial charge in [0.05, 0.1) is 19.8 Å². The normalized spacial score (nSPS) is 14.5. The Labute approximate surface area is 384 Å². The van der Waals surface area contributed by atoms with Crippen molar-refractivity contribution in [1.82, 2.24) is 14.7 Å². The van der Waals surface area contributed by atoms with Crippen molar-refractivity contribution in [2.75, 3.05) is 72.7 Å². The molecule has 0 bridgehead atoms. The quantitative estimate of drug-likeness (QED) is 0.151. The molecule has 0 radical (unpaired) electrons. The molecule has 3 aromatic rings. The molecule has 3 aromatic carbocycles. The highest BCUT2D eigenvalue weighted by Crippen LogP contribution is 2.32. The molecule has 0 spiro atoms. The van der Waals surface area contributed by atoms with E-state index in [0.29, 0.717) is 26.2 Å². The minimum absolute atomic E-state index is 0. The lowest BCUT2D eigenvalue weighted by Gasteiger charge is -2.30. The van der Waals surface area contributed by atoms with E-state index in [0.717, 1.165) is 48.9 Å². The molecule has 11 heteroatoms. The third-order valence-electron chi connectivity index (χ3n) is 11.1. The SMILES string of the molecule is C.CC(=O)N1CCC(CO)=C(c2ccccc2)C1.CC(=O)OC(C)=O.CCN(CC)CC.COCC1=C(c2ccccc2)CN(C(C)=O)CC1.OCC1=C(c2ccccc2)CCCC1. The van der Waals surface area contributed by atoms with E-state index in [4.69, 9.17) is 4.74 Å². The third-order valence-corrected chi connectivity index (χ3v) is 11.1. The van der Waals surface area contributed by atoms with E-state index in [1.165, 1.54) is 79.7 Å². The Morgan fingerprint density at radius 3 is 1.23 bits per heavy atom. The van der Waals surface area contributed by atoms with Crippen LogP contribution in [0.15, 0.2) is 108 Å². The number of amides is 2. The molecule has 1 aliphatic carbocycles. The van der Waals surface area contributed by atoms with Crippen LogP contribution < -0.4 is 0 Å². The molecule has 352 valence electrons. The number of aliphatic hydroxyl groups excluding tert-OH is 2. The van der Waals surface area contributed by atoms with Crippen LogP contribution in [0.4, 0.5) is 0 Å². The second-order valence-corrected chi connectivity index (χ2v) is 15.4. The summed E-state index contributed by atoms with van der Waals surface area (Å²) in [6, 6.07) is 30.6. The molecular formula is C53H77N3O8. The number of aliphatic hydroxyl groups is 2. The molecule has 2 amide bonds. The maximum atomic E-state index is 11.5. The summed E-state index contributed by atoms with van der Waals surface area (Å²) in [4.78, 5) is 48.6. The zero-order chi connectivity index (χ0) is 46.6. The Morgan fingerprint density at radius 1 is 0.547 bits per heavy atom. The molecule has 3 aliphatic rings. The number of allylic oxidation sites excluding steroid dienone is 1. The molecule has 0 saturated heterocycles. The van der Waals surface area contributed by atoms with Crippen molar-refractivity contribution >= 4 is 40.5 Å². The second-order valence-electron chi connectivity index (χ2n) is 15.4. The lowest BCUT2D eigenvalue weighted by Crippen LogP contribution is -2.35. The number of rotatable bonds is 10. The van der Waals surface area contributed by atoms with Gasteiger partial charge in [-0.25, -0.2) is 0 Å². The third kappa shape index (κ3) is 20.5. The largest absolute Gasteiger partial charge is 0.394 e. The maximum Gasteiger partial charge on any atom is 0.310 e. The van der Waals surface area contributed by atoms with Gasteiger partial charge in [0.1, 0.15) is 0 Å². The molecule has 6 rings (SSSR count). The van der Waals surface area contributed by atoms with E-state index in [-0.39, 0.29) is 32.5 Å². The Morgan fingerprint density at radius 2 is 0.906 bits per heavy atom. The van der Waals surface area contributed by atoms with Crippen molar-refractivity contribution in [3.8, 4) is 0 Å². The Kier molecular flexibility index (Phi) is 28.8. The Balaban J connectivity index is 0.000000418. The number of ether oxygens (including phenoxy) is 2. The first-order valence-corrected chi connectivity index (χ1v) is 22.3. The fourth-order valence-electron chi connectivity index (χ4n) is 7.52. The van der Waals surface area contributed by atoms with Gasteiger partial charge in [-0.15, -0.1) is 0 Å². The maximum absolute atomic E-state index is 11.5. The molecule has 64 heavy (non-hydrogen) atoms. The summed E-state index contributed by atoms with van der Waals surface area (Å²) in [5.41, 5.74) is 10.9. The van der Waals surface area contributed by atoms with Crippen molar-refractivity contribution in [3.05, 3.63) is 124 Å². The van der Waals surface area contributed by atoms with Crippen molar-refractivity contribution in [2.24, 2.45) is 0 Å². The van der Waals surface area contributed by atoms with Crippen molar-refractivity contribution < 1.29 is 38.9 Å². The van der Waals surface area contributed by atoms with Crippen LogP contribution in [0.25, 0.3) is 16.7 Å². The summed E-state index contributed by atoms with van der Waals surface area (Å²) in [5, 5.41) is 18.7. The number of methoxy groups -OCH3 is 1. The van der Waals surface area contributed by atoms with Crippen LogP contribution in [-0.2, 0) is 28.7 Å². The number of benzene rings is 3. The van der Waals surface area contributed by atoms with Crippen LogP contribution in [0.1, 0.15) is 111 Å². The zero-order valence-electron chi connectivity index (χ0n) is 39.2. The molecule has 0 fully saturated rings. The summed E-state index contributed by atoms with van der Waals surface area (Å²) < 4.78 is 9.24. The van der Waals surface area contributed by atoms with E-state index in [1.807, 2.05) is 64.4 Å². The lowest BCUT2D eigenvalue weighted by molar-refractivity contribution is -0.156. The average molecular weight is 884 g/mol. The molecule has 0 atom stereocenters. The first-order chi connectivity index (χ1) is 30.3. The molecule has 2 aliphatic heterocycles. The van der Waals surface area contributed by atoms with Crippen LogP contribution in [-0.4, -0.2) is 121 Å². The van der Waals surface area contributed by atoms with Gasteiger partial charge in [0.25, 0.3) is 0 Å². The first kappa shape index (κ1) is 56.8. The van der Waals surface area contributed by atoms with Gasteiger partial charge in [-0.1, -0.05) is 119 Å². The Bertz CT molecular complexity index is 1900. The number of nitrogens with zero attached hydrogens (tertiary/aromatic N) is 3. The van der Waals surface area contributed by atoms with E-state index >= 15 is 0 Å². The number of hydrogen-bond acceptors (Lipinski definition) is 9. The predicted octanol–water partition coefficient (Wildman–Crippen LogP) is 9.11. The first-order valence-electron chi connectivity index (χ1n) is 22.3. The highest BCUT2D eigenvalue weighted by molar-refractivity contribution is 5.82. The highest BCUT2D eigenvalue weighted by atomic mass is 16.6. The molecule has 0 saturated carbocycles. The lowest BCUT2D eigenvalue weighted by atomic mass is 9.88. The van der Waals surface area contributed by atoms with Crippen molar-refractivity contribution in [1.29, 1.82) is 0 Å². The van der Waals surface area contributed by atoms with Crippen molar-refractivity contribution in [3.63, 3.8) is 0 Å². The van der Waals surface area contributed by atoms with Crippen LogP contribution in [0.3, 0.4) is 0 Å². The van der Waals surface area contributed by atoms with E-state index in [1.54, 1.807) is 21.0 Å². The molecular weight excluding hydrogens is 807 g/mol. The van der Waals surface area contributed by atoms with E-state index < -0.39 is 11.9 Å². The minimum atomic E-state index is -0.562. The summed E-state index contributed by atoms with van der Waals surface area (Å²) in [5.74, 6) is -0.893. The topological polar surface area (TPSA) is 137 Å². The summed E-state index contributed by atoms with van der Waals surface area (Å²) in [6.07, 6.45) is 6.35. The minimum Gasteiger partial charge on any atom is -0.394 e. The molecule has 2 N–H and O–H groups in total. The second kappa shape index (κ2) is 32.5. The van der Waals surface area contributed by atoms with Gasteiger partial charge < -0.3 is 34.4 Å². The van der Waals surface area contributed by atoms with Crippen LogP contribution >= 0.6 is 0 Å². The predicted molar refractivity (Wildman–Crippen MR) is 261 cm³/mol. The van der Waals surface area contributed by atoms with Crippen LogP contribution in [0, 0.1) is 0 Å². The number of esters is 2. The average Bonchev–Trinajstić information content (AvgIpc) is 3.30. The van der Waals surface area contributed by atoms with Gasteiger partial charge in [-0.05, 0) is 108 Å². The van der Waals surface area contributed by atoms with Gasteiger partial charge >= 0.3 is 11.9 Å². The fourth-order valence-corrected chi connectivity index (χ4v) is 7.52. The van der Waals surface area contributed by atoms with Gasteiger partial charge in [0.2, 0.25) is 11.8 Å². The van der Waals surface area contributed by atoms with Gasteiger partial charge in [0, 0.05) is 61.0 Å². The summed E-state index contributed by atoms with van der Waals surface area (Å²) in [6.45, 7) is 19.5. The summed E-state index contributed by atoms with van der Waals surface area (Å²) >= 11 is 0. The highest BCUT2D eigenvalue weighted by Gasteiger charge is 2.22. The fraction of sp³-hybridized carbons (Fsp3) is 0.472. The van der Waals surface area contributed by atoms with Crippen LogP contribution in [0.5, 0.6) is 0 Å². The molecule has 0 unspecified atom stereocenters. The summed E-state index contributed by atoms with van der Waals surface area (Å²) in [7, 11) is 1.72. The standard InChI is InChI=1S/C15H19NO2.C14H17NO2.C13H16O.C6H15N.C4H6O3.CH4/c1-12(17)16-9-8-14(11-18-2)15(10-16)13-6-4-3-5-7-13;1-11(17)15-8-7-13(10-16)14(9-15)12-5-3-2-4-6-12;14-10-12-8-4-5-9-13(12)11-6-2-1-3-7-11;1-4-7(5-2)6-3;1-3(5)7-4(2)6;/h3-7H,8-11H2,1-2H3;2-6,16H,7-10H2,1H3;1-3,6-7,14H,4-5,8-10H2;4-6H2,1-3H3;1-2H3;1H4. The number of carbonyl (C=O) groups is 4. The number of hydrogen-bond donors (Lipinski definition) is 2. The molecule has 0 aromatic heterocycles. The van der Waals surface area contributed by atoms with Gasteiger partial charge in [-0.2, -0.15) is 0 Å². The van der Waals surface area contributed by atoms with Crippen molar-refractivity contribution in [2.45, 2.75) is 94.4 Å². The monoisotopic (exact) mass is 884 g/mol. The Hall–Kier alpha value is -5.20. The molecule has 2 heterocycles. The number of carbonyl (C=O) groups excluding carboxylic acids is 4. The smallest absolute Gasteiger partial charge is 0.310 e. The van der Waals surface area contributed by atoms with E-state index in [9.17, 15) is 29.4 Å². The van der Waals surface area contributed by atoms with Gasteiger partial charge in [-0.3, -0.25) is 19.2 Å². The molecule has 11 nitrogen and oxygen atoms in total.